The van der Waals surface area contributed by atoms with Gasteiger partial charge in [0.2, 0.25) is 17.6 Å². The lowest BCUT2D eigenvalue weighted by molar-refractivity contribution is -0.138. The minimum Gasteiger partial charge on any atom is -0.497 e. The second-order valence-corrected chi connectivity index (χ2v) is 6.53. The highest BCUT2D eigenvalue weighted by molar-refractivity contribution is 5.78. The molecule has 1 atom stereocenters. The topological polar surface area (TPSA) is 77.7 Å². The summed E-state index contributed by atoms with van der Waals surface area (Å²) in [4.78, 5) is 18.8. The summed E-state index contributed by atoms with van der Waals surface area (Å²) >= 11 is 0. The van der Waals surface area contributed by atoms with Gasteiger partial charge in [0.25, 0.3) is 0 Å². The first-order valence-electron chi connectivity index (χ1n) is 9.14. The van der Waals surface area contributed by atoms with E-state index in [1.165, 1.54) is 0 Å². The number of nitrogens with zero attached hydrogens (tertiary/aromatic N) is 3. The maximum absolute atomic E-state index is 12.7. The SMILES string of the molecule is COc1ccc(-c2noc(CC(=O)N3CCOC(c4ccccc4)C3)n2)cc1. The van der Waals surface area contributed by atoms with Crippen LogP contribution in [0.4, 0.5) is 0 Å². The molecule has 2 heterocycles. The molecule has 1 saturated heterocycles. The van der Waals surface area contributed by atoms with E-state index in [4.69, 9.17) is 14.0 Å². The van der Waals surface area contributed by atoms with Gasteiger partial charge < -0.3 is 18.9 Å². The predicted molar refractivity (Wildman–Crippen MR) is 102 cm³/mol. The Bertz CT molecular complexity index is 924. The number of amides is 1. The van der Waals surface area contributed by atoms with Crippen LogP contribution in [0.3, 0.4) is 0 Å². The van der Waals surface area contributed by atoms with Crippen molar-refractivity contribution in [1.82, 2.24) is 15.0 Å². The van der Waals surface area contributed by atoms with Gasteiger partial charge in [-0.05, 0) is 29.8 Å². The summed E-state index contributed by atoms with van der Waals surface area (Å²) in [6.07, 6.45) is -0.0403. The minimum absolute atomic E-state index is 0.0471. The molecule has 0 bridgehead atoms. The van der Waals surface area contributed by atoms with E-state index < -0.39 is 0 Å². The van der Waals surface area contributed by atoms with Gasteiger partial charge in [0, 0.05) is 12.1 Å². The van der Waals surface area contributed by atoms with Crippen molar-refractivity contribution in [3.63, 3.8) is 0 Å². The summed E-state index contributed by atoms with van der Waals surface area (Å²) < 4.78 is 16.2. The van der Waals surface area contributed by atoms with E-state index in [2.05, 4.69) is 10.1 Å². The third-order valence-electron chi connectivity index (χ3n) is 4.71. The predicted octanol–water partition coefficient (Wildman–Crippen LogP) is 2.89. The highest BCUT2D eigenvalue weighted by Crippen LogP contribution is 2.23. The maximum atomic E-state index is 12.7. The Kier molecular flexibility index (Phi) is 5.34. The van der Waals surface area contributed by atoms with Gasteiger partial charge in [0.15, 0.2) is 0 Å². The number of hydrogen-bond acceptors (Lipinski definition) is 6. The molecule has 1 unspecified atom stereocenters. The van der Waals surface area contributed by atoms with Crippen molar-refractivity contribution in [3.8, 4) is 17.1 Å². The molecule has 0 aliphatic carbocycles. The number of benzene rings is 2. The van der Waals surface area contributed by atoms with E-state index in [0.717, 1.165) is 16.9 Å². The number of morpholine rings is 1. The fourth-order valence-electron chi connectivity index (χ4n) is 3.17. The molecule has 3 aromatic rings. The van der Waals surface area contributed by atoms with Crippen LogP contribution >= 0.6 is 0 Å². The standard InChI is InChI=1S/C21H21N3O4/c1-26-17-9-7-16(8-10-17)21-22-19(28-23-21)13-20(25)24-11-12-27-18(14-24)15-5-3-2-4-6-15/h2-10,18H,11-14H2,1H3. The summed E-state index contributed by atoms with van der Waals surface area (Å²) in [5.41, 5.74) is 1.87. The molecular formula is C21H21N3O4. The average Bonchev–Trinajstić information content (AvgIpc) is 3.23. The molecule has 144 valence electrons. The largest absolute Gasteiger partial charge is 0.497 e. The smallest absolute Gasteiger partial charge is 0.236 e. The second kappa shape index (κ2) is 8.22. The molecule has 1 aromatic heterocycles. The number of methoxy groups -OCH3 is 1. The van der Waals surface area contributed by atoms with Crippen LogP contribution < -0.4 is 4.74 Å². The third-order valence-corrected chi connectivity index (χ3v) is 4.71. The number of aromatic nitrogens is 2. The van der Waals surface area contributed by atoms with Crippen molar-refractivity contribution >= 4 is 5.91 Å². The highest BCUT2D eigenvalue weighted by atomic mass is 16.5. The van der Waals surface area contributed by atoms with E-state index in [9.17, 15) is 4.79 Å². The second-order valence-electron chi connectivity index (χ2n) is 6.53. The van der Waals surface area contributed by atoms with Gasteiger partial charge in [0.05, 0.1) is 20.3 Å². The lowest BCUT2D eigenvalue weighted by Gasteiger charge is -2.33. The van der Waals surface area contributed by atoms with Crippen molar-refractivity contribution in [2.24, 2.45) is 0 Å². The summed E-state index contributed by atoms with van der Waals surface area (Å²) in [7, 11) is 1.61. The van der Waals surface area contributed by atoms with Crippen molar-refractivity contribution < 1.29 is 18.8 Å². The van der Waals surface area contributed by atoms with Crippen molar-refractivity contribution in [1.29, 1.82) is 0 Å². The summed E-state index contributed by atoms with van der Waals surface area (Å²) in [6.45, 7) is 1.58. The Morgan fingerprint density at radius 3 is 2.71 bits per heavy atom. The first-order valence-corrected chi connectivity index (χ1v) is 9.14. The first kappa shape index (κ1) is 18.2. The van der Waals surface area contributed by atoms with Crippen molar-refractivity contribution in [2.75, 3.05) is 26.8 Å². The molecule has 0 radical (unpaired) electrons. The lowest BCUT2D eigenvalue weighted by Crippen LogP contribution is -2.43. The number of rotatable bonds is 5. The molecule has 1 fully saturated rings. The van der Waals surface area contributed by atoms with Crippen LogP contribution in [0.5, 0.6) is 5.75 Å². The monoisotopic (exact) mass is 379 g/mol. The fraction of sp³-hybridized carbons (Fsp3) is 0.286. The molecule has 2 aromatic carbocycles. The van der Waals surface area contributed by atoms with Gasteiger partial charge in [-0.2, -0.15) is 4.98 Å². The highest BCUT2D eigenvalue weighted by Gasteiger charge is 2.26. The Balaban J connectivity index is 1.40. The molecule has 4 rings (SSSR count). The molecule has 1 amide bonds. The number of hydrogen-bond donors (Lipinski definition) is 0. The van der Waals surface area contributed by atoms with E-state index in [-0.39, 0.29) is 18.4 Å². The number of ether oxygens (including phenoxy) is 2. The van der Waals surface area contributed by atoms with Crippen LogP contribution in [0, 0.1) is 0 Å². The van der Waals surface area contributed by atoms with Crippen molar-refractivity contribution in [3.05, 3.63) is 66.1 Å². The number of carbonyl (C=O) groups is 1. The Morgan fingerprint density at radius 2 is 1.96 bits per heavy atom. The Morgan fingerprint density at radius 1 is 1.18 bits per heavy atom. The third kappa shape index (κ3) is 4.04. The molecule has 7 nitrogen and oxygen atoms in total. The Hall–Kier alpha value is -3.19. The minimum atomic E-state index is -0.114. The summed E-state index contributed by atoms with van der Waals surface area (Å²) in [5, 5.41) is 3.98. The number of carbonyl (C=O) groups excluding carboxylic acids is 1. The van der Waals surface area contributed by atoms with Gasteiger partial charge in [-0.25, -0.2) is 0 Å². The zero-order valence-corrected chi connectivity index (χ0v) is 15.6. The van der Waals surface area contributed by atoms with Crippen LogP contribution in [0.2, 0.25) is 0 Å². The van der Waals surface area contributed by atoms with Crippen LogP contribution in [0.25, 0.3) is 11.4 Å². The normalized spacial score (nSPS) is 16.8. The average molecular weight is 379 g/mol. The Labute approximate surface area is 162 Å². The first-order chi connectivity index (χ1) is 13.7. The van der Waals surface area contributed by atoms with Crippen LogP contribution in [0.15, 0.2) is 59.1 Å². The van der Waals surface area contributed by atoms with Gasteiger partial charge in [-0.3, -0.25) is 4.79 Å². The lowest BCUT2D eigenvalue weighted by atomic mass is 10.1. The van der Waals surface area contributed by atoms with Crippen LogP contribution in [-0.4, -0.2) is 47.8 Å². The van der Waals surface area contributed by atoms with Crippen LogP contribution in [0.1, 0.15) is 17.6 Å². The van der Waals surface area contributed by atoms with E-state index >= 15 is 0 Å². The molecule has 28 heavy (non-hydrogen) atoms. The van der Waals surface area contributed by atoms with E-state index in [1.54, 1.807) is 12.0 Å². The summed E-state index contributed by atoms with van der Waals surface area (Å²) in [6, 6.07) is 17.3. The molecular weight excluding hydrogens is 358 g/mol. The molecule has 1 aliphatic rings. The fourth-order valence-corrected chi connectivity index (χ4v) is 3.17. The molecule has 0 N–H and O–H groups in total. The molecule has 1 aliphatic heterocycles. The van der Waals surface area contributed by atoms with E-state index in [1.807, 2.05) is 54.6 Å². The van der Waals surface area contributed by atoms with Gasteiger partial charge in [0.1, 0.15) is 18.3 Å². The quantitative estimate of drug-likeness (QED) is 0.678. The molecule has 0 spiro atoms. The van der Waals surface area contributed by atoms with Crippen LogP contribution in [-0.2, 0) is 16.0 Å². The zero-order valence-electron chi connectivity index (χ0n) is 15.6. The van der Waals surface area contributed by atoms with Gasteiger partial charge in [-0.15, -0.1) is 0 Å². The van der Waals surface area contributed by atoms with Crippen molar-refractivity contribution in [2.45, 2.75) is 12.5 Å². The zero-order chi connectivity index (χ0) is 19.3. The maximum Gasteiger partial charge on any atom is 0.236 e. The van der Waals surface area contributed by atoms with E-state index in [0.29, 0.717) is 31.4 Å². The van der Waals surface area contributed by atoms with Gasteiger partial charge >= 0.3 is 0 Å². The summed E-state index contributed by atoms with van der Waals surface area (Å²) in [5.74, 6) is 1.46. The van der Waals surface area contributed by atoms with Gasteiger partial charge in [-0.1, -0.05) is 35.5 Å². The molecule has 7 heteroatoms. The molecule has 0 saturated carbocycles.